The molecule has 130 valence electrons. The van der Waals surface area contributed by atoms with E-state index in [1.54, 1.807) is 0 Å². The largest absolute Gasteiger partial charge is 0.327 e. The van der Waals surface area contributed by atoms with Gasteiger partial charge in [0.15, 0.2) is 4.90 Å². The first-order valence-electron chi connectivity index (χ1n) is 7.21. The molecule has 1 saturated carbocycles. The first-order valence-corrected chi connectivity index (χ1v) is 8.65. The maximum atomic E-state index is 13.8. The number of hydrogen-bond donors (Lipinski definition) is 1. The van der Waals surface area contributed by atoms with Crippen molar-refractivity contribution in [2.24, 2.45) is 17.6 Å². The summed E-state index contributed by atoms with van der Waals surface area (Å²) in [4.78, 5) is -1.08. The molecule has 3 rings (SSSR count). The lowest BCUT2D eigenvalue weighted by Gasteiger charge is -2.29. The third-order valence-electron chi connectivity index (χ3n) is 4.68. The van der Waals surface area contributed by atoms with Gasteiger partial charge in [-0.2, -0.15) is 4.31 Å². The average molecular weight is 371 g/mol. The van der Waals surface area contributed by atoms with Crippen LogP contribution in [0.5, 0.6) is 0 Å². The van der Waals surface area contributed by atoms with Crippen LogP contribution >= 0.6 is 12.4 Å². The summed E-state index contributed by atoms with van der Waals surface area (Å²) < 4.78 is 66.7. The third-order valence-corrected chi connectivity index (χ3v) is 6.57. The van der Waals surface area contributed by atoms with E-state index in [9.17, 15) is 21.6 Å². The first-order chi connectivity index (χ1) is 10.3. The van der Waals surface area contributed by atoms with Crippen molar-refractivity contribution in [2.45, 2.75) is 30.2 Å². The molecule has 9 heteroatoms. The number of sulfonamides is 1. The molecule has 1 saturated heterocycles. The Morgan fingerprint density at radius 1 is 1.09 bits per heavy atom. The van der Waals surface area contributed by atoms with Crippen LogP contribution in [0.2, 0.25) is 0 Å². The van der Waals surface area contributed by atoms with Gasteiger partial charge in [0.05, 0.1) is 0 Å². The molecule has 1 aromatic rings. The van der Waals surface area contributed by atoms with E-state index in [4.69, 9.17) is 5.73 Å². The minimum absolute atomic E-state index is 0. The van der Waals surface area contributed by atoms with Crippen LogP contribution in [-0.4, -0.2) is 31.9 Å². The number of nitrogens with two attached hydrogens (primary N) is 1. The highest BCUT2D eigenvalue weighted by Gasteiger charge is 2.44. The van der Waals surface area contributed by atoms with Crippen LogP contribution in [0.1, 0.15) is 19.3 Å². The van der Waals surface area contributed by atoms with Crippen molar-refractivity contribution in [3.63, 3.8) is 0 Å². The summed E-state index contributed by atoms with van der Waals surface area (Å²) in [5.74, 6) is -3.83. The topological polar surface area (TPSA) is 63.4 Å². The Morgan fingerprint density at radius 2 is 1.70 bits per heavy atom. The van der Waals surface area contributed by atoms with Crippen molar-refractivity contribution in [1.29, 1.82) is 0 Å². The van der Waals surface area contributed by atoms with Gasteiger partial charge in [-0.3, -0.25) is 0 Å². The van der Waals surface area contributed by atoms with Crippen molar-refractivity contribution < 1.29 is 21.6 Å². The maximum Gasteiger partial charge on any atom is 0.248 e. The summed E-state index contributed by atoms with van der Waals surface area (Å²) in [5, 5.41) is 0. The second-order valence-electron chi connectivity index (χ2n) is 6.04. The molecule has 0 spiro atoms. The van der Waals surface area contributed by atoms with Gasteiger partial charge in [0, 0.05) is 31.3 Å². The highest BCUT2D eigenvalue weighted by atomic mass is 35.5. The predicted octanol–water partition coefficient (Wildman–Crippen LogP) is 2.27. The Bertz CT molecular complexity index is 678. The van der Waals surface area contributed by atoms with Crippen molar-refractivity contribution in [2.75, 3.05) is 13.1 Å². The van der Waals surface area contributed by atoms with Crippen LogP contribution in [0.4, 0.5) is 13.2 Å². The highest BCUT2D eigenvalue weighted by molar-refractivity contribution is 7.89. The molecule has 1 heterocycles. The number of fused-ring (bicyclic) bond motifs is 1. The molecule has 2 aliphatic rings. The van der Waals surface area contributed by atoms with E-state index >= 15 is 0 Å². The van der Waals surface area contributed by atoms with Crippen LogP contribution in [0.15, 0.2) is 17.0 Å². The molecule has 1 aliphatic heterocycles. The van der Waals surface area contributed by atoms with Gasteiger partial charge in [0.25, 0.3) is 0 Å². The number of halogens is 4. The van der Waals surface area contributed by atoms with E-state index in [2.05, 4.69) is 0 Å². The Morgan fingerprint density at radius 3 is 2.26 bits per heavy atom. The highest BCUT2D eigenvalue weighted by Crippen LogP contribution is 2.38. The fourth-order valence-corrected chi connectivity index (χ4v) is 5.20. The van der Waals surface area contributed by atoms with Gasteiger partial charge in [-0.1, -0.05) is 6.42 Å². The standard InChI is InChI=1S/C14H17F3N2O2S.ClH/c15-9-4-11(16)14(12(17)5-9)22(20,21)19-6-8-2-1-3-13(18)10(8)7-19;/h4-5,8,10,13H,1-3,6-7,18H2;1H. The average Bonchev–Trinajstić information content (AvgIpc) is 2.83. The van der Waals surface area contributed by atoms with E-state index in [0.717, 1.165) is 23.6 Å². The van der Waals surface area contributed by atoms with Crippen molar-refractivity contribution in [3.8, 4) is 0 Å². The van der Waals surface area contributed by atoms with Gasteiger partial charge in [0.1, 0.15) is 17.5 Å². The molecular weight excluding hydrogens is 353 g/mol. The normalized spacial score (nSPS) is 28.3. The van der Waals surface area contributed by atoms with Crippen molar-refractivity contribution >= 4 is 22.4 Å². The fraction of sp³-hybridized carbons (Fsp3) is 0.571. The van der Waals surface area contributed by atoms with Gasteiger partial charge in [-0.05, 0) is 24.7 Å². The lowest BCUT2D eigenvalue weighted by molar-refractivity contribution is 0.260. The molecular formula is C14H18ClF3N2O2S. The molecule has 0 amide bonds. The second-order valence-corrected chi connectivity index (χ2v) is 7.91. The Balaban J connectivity index is 0.00000192. The van der Waals surface area contributed by atoms with Crippen LogP contribution in [0.3, 0.4) is 0 Å². The van der Waals surface area contributed by atoms with Gasteiger partial charge in [-0.25, -0.2) is 21.6 Å². The monoisotopic (exact) mass is 370 g/mol. The zero-order valence-corrected chi connectivity index (χ0v) is 13.8. The number of rotatable bonds is 2. The molecule has 2 fully saturated rings. The quantitative estimate of drug-likeness (QED) is 0.868. The number of nitrogens with zero attached hydrogens (tertiary/aromatic N) is 1. The Labute approximate surface area is 139 Å². The van der Waals surface area contributed by atoms with Crippen molar-refractivity contribution in [3.05, 3.63) is 29.6 Å². The molecule has 1 aliphatic carbocycles. The summed E-state index contributed by atoms with van der Waals surface area (Å²) in [5.41, 5.74) is 6.02. The van der Waals surface area contributed by atoms with E-state index in [1.807, 2.05) is 0 Å². The molecule has 2 N–H and O–H groups in total. The lowest BCUT2D eigenvalue weighted by Crippen LogP contribution is -2.38. The van der Waals surface area contributed by atoms with E-state index in [-0.39, 0.29) is 43.4 Å². The van der Waals surface area contributed by atoms with Gasteiger partial charge < -0.3 is 5.73 Å². The molecule has 0 radical (unpaired) electrons. The molecule has 0 bridgehead atoms. The van der Waals surface area contributed by atoms with Gasteiger partial charge in [0.2, 0.25) is 10.0 Å². The fourth-order valence-electron chi connectivity index (χ4n) is 3.58. The molecule has 23 heavy (non-hydrogen) atoms. The molecule has 0 aromatic heterocycles. The third kappa shape index (κ3) is 3.22. The Hall–Kier alpha value is -0.830. The molecule has 4 nitrogen and oxygen atoms in total. The van der Waals surface area contributed by atoms with Gasteiger partial charge in [-0.15, -0.1) is 12.4 Å². The zero-order valence-electron chi connectivity index (χ0n) is 12.2. The molecule has 1 aromatic carbocycles. The Kier molecular flexibility index (Phi) is 5.30. The summed E-state index contributed by atoms with van der Waals surface area (Å²) in [6, 6.07) is 0.664. The van der Waals surface area contributed by atoms with Crippen LogP contribution in [0, 0.1) is 29.3 Å². The number of benzene rings is 1. The predicted molar refractivity (Wildman–Crippen MR) is 81.1 cm³/mol. The summed E-state index contributed by atoms with van der Waals surface area (Å²) in [6.07, 6.45) is 2.61. The smallest absolute Gasteiger partial charge is 0.248 e. The SMILES string of the molecule is Cl.NC1CCCC2CN(S(=O)(=O)c3c(F)cc(F)cc3F)CC12. The van der Waals surface area contributed by atoms with E-state index in [0.29, 0.717) is 12.1 Å². The van der Waals surface area contributed by atoms with Crippen LogP contribution in [-0.2, 0) is 10.0 Å². The second kappa shape index (κ2) is 6.58. The minimum Gasteiger partial charge on any atom is -0.327 e. The van der Waals surface area contributed by atoms with E-state index < -0.39 is 32.4 Å². The van der Waals surface area contributed by atoms with Crippen molar-refractivity contribution in [1.82, 2.24) is 4.31 Å². The molecule has 3 atom stereocenters. The van der Waals surface area contributed by atoms with Crippen LogP contribution < -0.4 is 5.73 Å². The van der Waals surface area contributed by atoms with E-state index in [1.165, 1.54) is 0 Å². The first kappa shape index (κ1) is 18.5. The minimum atomic E-state index is -4.34. The summed E-state index contributed by atoms with van der Waals surface area (Å²) in [7, 11) is -4.34. The van der Waals surface area contributed by atoms with Crippen LogP contribution in [0.25, 0.3) is 0 Å². The summed E-state index contributed by atoms with van der Waals surface area (Å²) >= 11 is 0. The summed E-state index contributed by atoms with van der Waals surface area (Å²) in [6.45, 7) is 0.362. The number of hydrogen-bond acceptors (Lipinski definition) is 3. The van der Waals surface area contributed by atoms with Gasteiger partial charge >= 0.3 is 0 Å². The maximum absolute atomic E-state index is 13.8. The zero-order chi connectivity index (χ0) is 16.1. The lowest BCUT2D eigenvalue weighted by atomic mass is 9.78. The molecule has 3 unspecified atom stereocenters.